The number of anilines is 2. The fourth-order valence-electron chi connectivity index (χ4n) is 3.06. The summed E-state index contributed by atoms with van der Waals surface area (Å²) in [5, 5.41) is 8.99. The molecule has 3 amide bonds. The van der Waals surface area contributed by atoms with Crippen molar-refractivity contribution in [3.05, 3.63) is 95.0 Å². The minimum absolute atomic E-state index is 0.0160. The number of carbonyl (C=O) groups is 3. The third-order valence-corrected chi connectivity index (χ3v) is 4.78. The quantitative estimate of drug-likeness (QED) is 0.498. The molecule has 3 aromatic carbocycles. The zero-order valence-corrected chi connectivity index (χ0v) is 17.6. The highest BCUT2D eigenvalue weighted by Gasteiger charge is 2.18. The van der Waals surface area contributed by atoms with Crippen LogP contribution in [0.2, 0.25) is 5.02 Å². The second-order valence-electron chi connectivity index (χ2n) is 6.92. The Bertz CT molecular complexity index is 1070. The van der Waals surface area contributed by atoms with Crippen LogP contribution in [0.5, 0.6) is 0 Å². The van der Waals surface area contributed by atoms with Crippen LogP contribution >= 0.6 is 11.6 Å². The van der Waals surface area contributed by atoms with Gasteiger partial charge in [0.05, 0.1) is 23.8 Å². The largest absolute Gasteiger partial charge is 0.349 e. The van der Waals surface area contributed by atoms with Crippen molar-refractivity contribution in [1.29, 1.82) is 0 Å². The van der Waals surface area contributed by atoms with Gasteiger partial charge in [0.15, 0.2) is 0 Å². The Kier molecular flexibility index (Phi) is 7.40. The summed E-state index contributed by atoms with van der Waals surface area (Å²) >= 11 is 5.94. The molecule has 6 nitrogen and oxygen atoms in total. The van der Waals surface area contributed by atoms with Crippen LogP contribution in [0.15, 0.2) is 78.9 Å². The Morgan fingerprint density at radius 3 is 2.00 bits per heavy atom. The normalized spacial score (nSPS) is 11.3. The highest BCUT2D eigenvalue weighted by atomic mass is 35.5. The molecule has 3 aromatic rings. The summed E-state index contributed by atoms with van der Waals surface area (Å²) in [7, 11) is 0. The lowest BCUT2D eigenvalue weighted by Crippen LogP contribution is -2.30. The number of para-hydroxylation sites is 2. The summed E-state index contributed by atoms with van der Waals surface area (Å²) in [4.78, 5) is 36.9. The third kappa shape index (κ3) is 6.42. The van der Waals surface area contributed by atoms with Gasteiger partial charge >= 0.3 is 0 Å². The van der Waals surface area contributed by atoms with Crippen molar-refractivity contribution < 1.29 is 14.4 Å². The smallest absolute Gasteiger partial charge is 0.255 e. The first-order chi connectivity index (χ1) is 14.9. The fraction of sp³-hybridized carbons (Fsp3) is 0.125. The van der Waals surface area contributed by atoms with E-state index in [1.54, 1.807) is 72.8 Å². The van der Waals surface area contributed by atoms with Crippen molar-refractivity contribution in [3.8, 4) is 0 Å². The van der Waals surface area contributed by atoms with Gasteiger partial charge in [0.1, 0.15) is 0 Å². The van der Waals surface area contributed by atoms with Crippen molar-refractivity contribution in [2.45, 2.75) is 19.4 Å². The van der Waals surface area contributed by atoms with Crippen molar-refractivity contribution in [1.82, 2.24) is 5.32 Å². The van der Waals surface area contributed by atoms with Crippen molar-refractivity contribution in [3.63, 3.8) is 0 Å². The van der Waals surface area contributed by atoms with Crippen LogP contribution in [-0.2, 0) is 9.59 Å². The lowest BCUT2D eigenvalue weighted by Gasteiger charge is -2.19. The van der Waals surface area contributed by atoms with Gasteiger partial charge in [0, 0.05) is 17.5 Å². The summed E-state index contributed by atoms with van der Waals surface area (Å²) < 4.78 is 0. The molecule has 0 aromatic heterocycles. The minimum atomic E-state index is -0.513. The van der Waals surface area contributed by atoms with Crippen molar-refractivity contribution in [2.24, 2.45) is 0 Å². The molecular weight excluding hydrogens is 414 g/mol. The van der Waals surface area contributed by atoms with E-state index in [1.165, 1.54) is 6.92 Å². The van der Waals surface area contributed by atoms with Crippen LogP contribution in [0.4, 0.5) is 11.4 Å². The van der Waals surface area contributed by atoms with Gasteiger partial charge in [-0.15, -0.1) is 0 Å². The molecule has 158 valence electrons. The second kappa shape index (κ2) is 10.4. The standard InChI is InChI=1S/C24H22ClN3O3/c1-16(29)26-22(17-11-13-19(25)14-12-17)15-23(30)27-20-9-5-6-10-21(20)28-24(31)18-7-3-2-4-8-18/h2-14,22H,15H2,1H3,(H,26,29)(H,27,30)(H,28,31). The Balaban J connectivity index is 1.72. The highest BCUT2D eigenvalue weighted by molar-refractivity contribution is 6.30. The maximum Gasteiger partial charge on any atom is 0.255 e. The van der Waals surface area contributed by atoms with E-state index in [1.807, 2.05) is 6.07 Å². The lowest BCUT2D eigenvalue weighted by molar-refractivity contribution is -0.120. The zero-order chi connectivity index (χ0) is 22.2. The number of nitrogens with one attached hydrogen (secondary N) is 3. The molecule has 0 aliphatic heterocycles. The summed E-state index contributed by atoms with van der Waals surface area (Å²) in [6, 6.07) is 22.2. The van der Waals surface area contributed by atoms with E-state index in [0.717, 1.165) is 5.56 Å². The van der Waals surface area contributed by atoms with Crippen LogP contribution in [0.25, 0.3) is 0 Å². The molecule has 3 N–H and O–H groups in total. The van der Waals surface area contributed by atoms with Gasteiger partial charge in [-0.2, -0.15) is 0 Å². The van der Waals surface area contributed by atoms with E-state index in [-0.39, 0.29) is 24.1 Å². The summed E-state index contributed by atoms with van der Waals surface area (Å²) in [6.07, 6.45) is 0.0160. The minimum Gasteiger partial charge on any atom is -0.349 e. The van der Waals surface area contributed by atoms with Gasteiger partial charge in [-0.3, -0.25) is 14.4 Å². The van der Waals surface area contributed by atoms with Crippen LogP contribution in [-0.4, -0.2) is 17.7 Å². The van der Waals surface area contributed by atoms with Crippen molar-refractivity contribution in [2.75, 3.05) is 10.6 Å². The van der Waals surface area contributed by atoms with Gasteiger partial charge < -0.3 is 16.0 Å². The first-order valence-corrected chi connectivity index (χ1v) is 10.1. The molecule has 0 heterocycles. The first-order valence-electron chi connectivity index (χ1n) is 9.70. The van der Waals surface area contributed by atoms with Crippen LogP contribution in [0, 0.1) is 0 Å². The zero-order valence-electron chi connectivity index (χ0n) is 16.9. The van der Waals surface area contributed by atoms with E-state index >= 15 is 0 Å². The molecule has 0 radical (unpaired) electrons. The number of hydrogen-bond acceptors (Lipinski definition) is 3. The topological polar surface area (TPSA) is 87.3 Å². The predicted octanol–water partition coefficient (Wildman–Crippen LogP) is 4.80. The summed E-state index contributed by atoms with van der Waals surface area (Å²) in [5.41, 5.74) is 2.22. The number of hydrogen-bond donors (Lipinski definition) is 3. The van der Waals surface area contributed by atoms with Gasteiger partial charge in [0.2, 0.25) is 11.8 Å². The highest BCUT2D eigenvalue weighted by Crippen LogP contribution is 2.24. The Morgan fingerprint density at radius 1 is 0.806 bits per heavy atom. The van der Waals surface area contributed by atoms with Gasteiger partial charge in [-0.1, -0.05) is 54.1 Å². The SMILES string of the molecule is CC(=O)NC(CC(=O)Nc1ccccc1NC(=O)c1ccccc1)c1ccc(Cl)cc1. The molecule has 0 fully saturated rings. The van der Waals surface area contributed by atoms with Crippen LogP contribution in [0.1, 0.15) is 35.3 Å². The monoisotopic (exact) mass is 435 g/mol. The third-order valence-electron chi connectivity index (χ3n) is 4.52. The molecule has 0 saturated heterocycles. The van der Waals surface area contributed by atoms with Gasteiger partial charge in [-0.25, -0.2) is 0 Å². The molecule has 0 aliphatic carbocycles. The summed E-state index contributed by atoms with van der Waals surface area (Å²) in [5.74, 6) is -0.835. The first kappa shape index (κ1) is 22.1. The molecular formula is C24H22ClN3O3. The predicted molar refractivity (Wildman–Crippen MR) is 122 cm³/mol. The fourth-order valence-corrected chi connectivity index (χ4v) is 3.19. The molecule has 31 heavy (non-hydrogen) atoms. The Hall–Kier alpha value is -3.64. The van der Waals surface area contributed by atoms with Crippen LogP contribution in [0.3, 0.4) is 0 Å². The molecule has 0 bridgehead atoms. The van der Waals surface area contributed by atoms with E-state index in [2.05, 4.69) is 16.0 Å². The number of halogens is 1. The average molecular weight is 436 g/mol. The average Bonchev–Trinajstić information content (AvgIpc) is 2.75. The molecule has 0 aliphatic rings. The van der Waals surface area contributed by atoms with E-state index in [0.29, 0.717) is 22.0 Å². The van der Waals surface area contributed by atoms with E-state index in [4.69, 9.17) is 11.6 Å². The molecule has 1 atom stereocenters. The van der Waals surface area contributed by atoms with E-state index < -0.39 is 6.04 Å². The number of benzene rings is 3. The summed E-state index contributed by atoms with van der Waals surface area (Å²) in [6.45, 7) is 1.40. The lowest BCUT2D eigenvalue weighted by atomic mass is 10.0. The van der Waals surface area contributed by atoms with E-state index in [9.17, 15) is 14.4 Å². The van der Waals surface area contributed by atoms with Crippen LogP contribution < -0.4 is 16.0 Å². The Morgan fingerprint density at radius 2 is 1.39 bits per heavy atom. The molecule has 0 spiro atoms. The number of amides is 3. The molecule has 0 saturated carbocycles. The maximum atomic E-state index is 12.8. The number of rotatable bonds is 7. The molecule has 1 unspecified atom stereocenters. The van der Waals surface area contributed by atoms with Crippen molar-refractivity contribution >= 4 is 40.7 Å². The maximum absolute atomic E-state index is 12.8. The molecule has 7 heteroatoms. The van der Waals surface area contributed by atoms with Gasteiger partial charge in [0.25, 0.3) is 5.91 Å². The second-order valence-corrected chi connectivity index (χ2v) is 7.36. The van der Waals surface area contributed by atoms with Gasteiger partial charge in [-0.05, 0) is 42.0 Å². The number of carbonyl (C=O) groups excluding carboxylic acids is 3. The molecule has 3 rings (SSSR count). The Labute approximate surface area is 185 Å².